The van der Waals surface area contributed by atoms with Gasteiger partial charge in [-0.1, -0.05) is 24.6 Å². The SMILES string of the molecule is CSc1ncc2cc(C(=O)O)c(=O)n(C3CCCC3)c2n1. The van der Waals surface area contributed by atoms with E-state index in [9.17, 15) is 14.7 Å². The molecule has 1 fully saturated rings. The molecule has 0 saturated heterocycles. The topological polar surface area (TPSA) is 85.1 Å². The van der Waals surface area contributed by atoms with Crippen molar-refractivity contribution in [2.45, 2.75) is 36.9 Å². The van der Waals surface area contributed by atoms with E-state index in [-0.39, 0.29) is 11.6 Å². The molecule has 6 nitrogen and oxygen atoms in total. The third kappa shape index (κ3) is 2.42. The second-order valence-electron chi connectivity index (χ2n) is 5.11. The van der Waals surface area contributed by atoms with Gasteiger partial charge in [-0.05, 0) is 25.2 Å². The van der Waals surface area contributed by atoms with Crippen molar-refractivity contribution in [1.29, 1.82) is 0 Å². The summed E-state index contributed by atoms with van der Waals surface area (Å²) in [5.74, 6) is -1.21. The van der Waals surface area contributed by atoms with Gasteiger partial charge in [0.2, 0.25) is 0 Å². The highest BCUT2D eigenvalue weighted by Crippen LogP contribution is 2.30. The Hall–Kier alpha value is -1.89. The summed E-state index contributed by atoms with van der Waals surface area (Å²) in [6.45, 7) is 0. The molecular formula is C14H15N3O3S. The average Bonchev–Trinajstić information content (AvgIpc) is 2.99. The van der Waals surface area contributed by atoms with E-state index in [1.165, 1.54) is 17.8 Å². The Balaban J connectivity index is 2.34. The molecule has 0 spiro atoms. The molecule has 110 valence electrons. The fourth-order valence-corrected chi connectivity index (χ4v) is 3.19. The van der Waals surface area contributed by atoms with Crippen molar-refractivity contribution < 1.29 is 9.90 Å². The fourth-order valence-electron chi connectivity index (χ4n) is 2.86. The Morgan fingerprint density at radius 2 is 2.14 bits per heavy atom. The van der Waals surface area contributed by atoms with Crippen LogP contribution in [0.4, 0.5) is 0 Å². The number of carboxylic acids is 1. The van der Waals surface area contributed by atoms with Gasteiger partial charge in [-0.25, -0.2) is 14.8 Å². The predicted octanol–water partition coefficient (Wildman–Crippen LogP) is 2.33. The third-order valence-electron chi connectivity index (χ3n) is 3.85. The number of aromatic nitrogens is 3. The van der Waals surface area contributed by atoms with E-state index < -0.39 is 11.5 Å². The van der Waals surface area contributed by atoms with E-state index in [0.717, 1.165) is 25.7 Å². The summed E-state index contributed by atoms with van der Waals surface area (Å²) in [5, 5.41) is 10.4. The van der Waals surface area contributed by atoms with Crippen molar-refractivity contribution in [2.24, 2.45) is 0 Å². The second-order valence-corrected chi connectivity index (χ2v) is 5.89. The van der Waals surface area contributed by atoms with Crippen LogP contribution in [-0.2, 0) is 0 Å². The number of aromatic carboxylic acids is 1. The van der Waals surface area contributed by atoms with E-state index in [2.05, 4.69) is 9.97 Å². The lowest BCUT2D eigenvalue weighted by molar-refractivity contribution is 0.0694. The molecule has 2 aromatic heterocycles. The number of thioether (sulfide) groups is 1. The summed E-state index contributed by atoms with van der Waals surface area (Å²) in [6.07, 6.45) is 7.33. The smallest absolute Gasteiger partial charge is 0.341 e. The molecule has 0 amide bonds. The minimum atomic E-state index is -1.21. The quantitative estimate of drug-likeness (QED) is 0.692. The molecule has 1 aliphatic carbocycles. The highest BCUT2D eigenvalue weighted by molar-refractivity contribution is 7.98. The second kappa shape index (κ2) is 5.48. The van der Waals surface area contributed by atoms with E-state index in [4.69, 9.17) is 0 Å². The molecule has 1 aliphatic rings. The van der Waals surface area contributed by atoms with Gasteiger partial charge >= 0.3 is 5.97 Å². The monoisotopic (exact) mass is 305 g/mol. The van der Waals surface area contributed by atoms with Gasteiger partial charge in [-0.15, -0.1) is 0 Å². The van der Waals surface area contributed by atoms with Crippen LogP contribution in [0.3, 0.4) is 0 Å². The van der Waals surface area contributed by atoms with Crippen LogP contribution >= 0.6 is 11.8 Å². The first-order chi connectivity index (χ1) is 10.1. The normalized spacial score (nSPS) is 15.7. The molecule has 0 bridgehead atoms. The number of hydrogen-bond acceptors (Lipinski definition) is 5. The molecule has 2 aromatic rings. The van der Waals surface area contributed by atoms with Crippen LogP contribution in [0.2, 0.25) is 0 Å². The molecule has 0 aromatic carbocycles. The number of nitrogens with zero attached hydrogens (tertiary/aromatic N) is 3. The van der Waals surface area contributed by atoms with Gasteiger partial charge in [0.25, 0.3) is 5.56 Å². The maximum Gasteiger partial charge on any atom is 0.341 e. The van der Waals surface area contributed by atoms with Crippen LogP contribution in [0.1, 0.15) is 42.1 Å². The highest BCUT2D eigenvalue weighted by Gasteiger charge is 2.24. The Morgan fingerprint density at radius 3 is 2.76 bits per heavy atom. The van der Waals surface area contributed by atoms with Crippen LogP contribution < -0.4 is 5.56 Å². The van der Waals surface area contributed by atoms with Crippen LogP contribution in [0.15, 0.2) is 22.2 Å². The van der Waals surface area contributed by atoms with Gasteiger partial charge in [0.1, 0.15) is 11.2 Å². The van der Waals surface area contributed by atoms with Crippen LogP contribution in [-0.4, -0.2) is 31.9 Å². The number of rotatable bonds is 3. The minimum Gasteiger partial charge on any atom is -0.477 e. The van der Waals surface area contributed by atoms with Crippen molar-refractivity contribution in [3.05, 3.63) is 28.2 Å². The number of hydrogen-bond donors (Lipinski definition) is 1. The standard InChI is InChI=1S/C14H15N3O3S/c1-21-14-15-7-8-6-10(13(19)20)12(18)17(11(8)16-14)9-4-2-3-5-9/h6-7,9H,2-5H2,1H3,(H,19,20). The van der Waals surface area contributed by atoms with Crippen LogP contribution in [0, 0.1) is 0 Å². The summed E-state index contributed by atoms with van der Waals surface area (Å²) in [4.78, 5) is 32.4. The van der Waals surface area contributed by atoms with Gasteiger partial charge in [0.15, 0.2) is 5.16 Å². The maximum atomic E-state index is 12.5. The van der Waals surface area contributed by atoms with Gasteiger partial charge in [-0.3, -0.25) is 9.36 Å². The lowest BCUT2D eigenvalue weighted by Crippen LogP contribution is -2.29. The molecule has 2 heterocycles. The van der Waals surface area contributed by atoms with Crippen molar-refractivity contribution in [3.8, 4) is 0 Å². The zero-order valence-corrected chi connectivity index (χ0v) is 12.4. The number of pyridine rings is 1. The molecule has 0 radical (unpaired) electrons. The fraction of sp³-hybridized carbons (Fsp3) is 0.429. The molecule has 21 heavy (non-hydrogen) atoms. The van der Waals surface area contributed by atoms with E-state index >= 15 is 0 Å². The van der Waals surface area contributed by atoms with E-state index in [1.54, 1.807) is 10.8 Å². The lowest BCUT2D eigenvalue weighted by atomic mass is 10.1. The first-order valence-corrected chi connectivity index (χ1v) is 8.04. The van der Waals surface area contributed by atoms with Gasteiger partial charge in [0, 0.05) is 17.6 Å². The summed E-state index contributed by atoms with van der Waals surface area (Å²) < 4.78 is 1.56. The van der Waals surface area contributed by atoms with Gasteiger partial charge in [-0.2, -0.15) is 0 Å². The number of carbonyl (C=O) groups is 1. The first-order valence-electron chi connectivity index (χ1n) is 6.81. The Morgan fingerprint density at radius 1 is 1.43 bits per heavy atom. The number of carboxylic acid groups (broad SMARTS) is 1. The molecule has 7 heteroatoms. The maximum absolute atomic E-state index is 12.5. The van der Waals surface area contributed by atoms with E-state index in [1.807, 2.05) is 6.26 Å². The molecule has 0 unspecified atom stereocenters. The molecular weight excluding hydrogens is 290 g/mol. The predicted molar refractivity (Wildman–Crippen MR) is 80.0 cm³/mol. The van der Waals surface area contributed by atoms with E-state index in [0.29, 0.717) is 16.2 Å². The van der Waals surface area contributed by atoms with Crippen molar-refractivity contribution in [2.75, 3.05) is 6.26 Å². The third-order valence-corrected chi connectivity index (χ3v) is 4.42. The van der Waals surface area contributed by atoms with Crippen LogP contribution in [0.5, 0.6) is 0 Å². The molecule has 0 aliphatic heterocycles. The largest absolute Gasteiger partial charge is 0.477 e. The van der Waals surface area contributed by atoms with Crippen molar-refractivity contribution in [3.63, 3.8) is 0 Å². The molecule has 1 saturated carbocycles. The summed E-state index contributed by atoms with van der Waals surface area (Å²) in [6, 6.07) is 1.40. The summed E-state index contributed by atoms with van der Waals surface area (Å²) >= 11 is 1.40. The molecule has 3 rings (SSSR count). The van der Waals surface area contributed by atoms with Crippen molar-refractivity contribution in [1.82, 2.24) is 14.5 Å². The number of fused-ring (bicyclic) bond motifs is 1. The van der Waals surface area contributed by atoms with Crippen molar-refractivity contribution >= 4 is 28.8 Å². The Kier molecular flexibility index (Phi) is 3.67. The van der Waals surface area contributed by atoms with Gasteiger partial charge < -0.3 is 5.11 Å². The summed E-state index contributed by atoms with van der Waals surface area (Å²) in [5.41, 5.74) is -0.140. The first kappa shape index (κ1) is 14.1. The zero-order chi connectivity index (χ0) is 15.0. The minimum absolute atomic E-state index is 0.0314. The highest BCUT2D eigenvalue weighted by atomic mass is 32.2. The summed E-state index contributed by atoms with van der Waals surface area (Å²) in [7, 11) is 0. The van der Waals surface area contributed by atoms with Crippen LogP contribution in [0.25, 0.3) is 11.0 Å². The molecule has 0 atom stereocenters. The Bertz CT molecular complexity index is 766. The molecule has 1 N–H and O–H groups in total. The zero-order valence-electron chi connectivity index (χ0n) is 11.6. The lowest BCUT2D eigenvalue weighted by Gasteiger charge is -2.17. The Labute approximate surface area is 125 Å². The average molecular weight is 305 g/mol. The van der Waals surface area contributed by atoms with Gasteiger partial charge in [0.05, 0.1) is 0 Å².